The summed E-state index contributed by atoms with van der Waals surface area (Å²) in [6.45, 7) is 2.63. The lowest BCUT2D eigenvalue weighted by Crippen LogP contribution is -2.53. The number of hydrogen-bond acceptors (Lipinski definition) is 3. The summed E-state index contributed by atoms with van der Waals surface area (Å²) in [4.78, 5) is 11.2. The maximum absolute atomic E-state index is 11.2. The molecule has 1 fully saturated rings. The second-order valence-corrected chi connectivity index (χ2v) is 4.44. The molecule has 4 heteroatoms. The van der Waals surface area contributed by atoms with E-state index < -0.39 is 17.3 Å². The number of rotatable bonds is 4. The standard InChI is InChI=1S/C13H16O4/c1-9(12(14)15)13(7-17-8-13)10-4-3-5-11(6-10)16-2/h3-6,9H,7-8H2,1-2H3,(H,14,15). The highest BCUT2D eigenvalue weighted by Gasteiger charge is 2.48. The Hall–Kier alpha value is -1.55. The molecule has 1 aromatic rings. The predicted molar refractivity (Wildman–Crippen MR) is 62.3 cm³/mol. The number of carboxylic acid groups (broad SMARTS) is 1. The number of methoxy groups -OCH3 is 1. The van der Waals surface area contributed by atoms with Gasteiger partial charge in [-0.05, 0) is 17.7 Å². The quantitative estimate of drug-likeness (QED) is 0.864. The largest absolute Gasteiger partial charge is 0.497 e. The molecule has 1 N–H and O–H groups in total. The van der Waals surface area contributed by atoms with Crippen LogP contribution in [0.3, 0.4) is 0 Å². The van der Waals surface area contributed by atoms with E-state index in [2.05, 4.69) is 0 Å². The van der Waals surface area contributed by atoms with Gasteiger partial charge >= 0.3 is 5.97 Å². The maximum Gasteiger partial charge on any atom is 0.307 e. The first kappa shape index (κ1) is 11.9. The van der Waals surface area contributed by atoms with Gasteiger partial charge in [0.25, 0.3) is 0 Å². The molecule has 1 aliphatic heterocycles. The summed E-state index contributed by atoms with van der Waals surface area (Å²) in [6, 6.07) is 7.55. The van der Waals surface area contributed by atoms with Crippen molar-refractivity contribution in [1.29, 1.82) is 0 Å². The van der Waals surface area contributed by atoms with E-state index in [1.165, 1.54) is 0 Å². The number of ether oxygens (including phenoxy) is 2. The SMILES string of the molecule is COc1cccc(C2(C(C)C(=O)O)COC2)c1. The van der Waals surface area contributed by atoms with Crippen molar-refractivity contribution in [2.75, 3.05) is 20.3 Å². The molecule has 2 rings (SSSR count). The van der Waals surface area contributed by atoms with E-state index in [4.69, 9.17) is 9.47 Å². The van der Waals surface area contributed by atoms with Crippen molar-refractivity contribution in [2.45, 2.75) is 12.3 Å². The van der Waals surface area contributed by atoms with Crippen LogP contribution < -0.4 is 4.74 Å². The van der Waals surface area contributed by atoms with Crippen LogP contribution in [0.25, 0.3) is 0 Å². The highest BCUT2D eigenvalue weighted by Crippen LogP contribution is 2.40. The molecule has 0 radical (unpaired) electrons. The average Bonchev–Trinajstić information content (AvgIpc) is 2.27. The third-order valence-corrected chi connectivity index (χ3v) is 3.56. The molecule has 1 saturated heterocycles. The van der Waals surface area contributed by atoms with E-state index in [-0.39, 0.29) is 0 Å². The molecular weight excluding hydrogens is 220 g/mol. The highest BCUT2D eigenvalue weighted by molar-refractivity contribution is 5.72. The van der Waals surface area contributed by atoms with Gasteiger partial charge in [-0.25, -0.2) is 0 Å². The van der Waals surface area contributed by atoms with Gasteiger partial charge in [0.1, 0.15) is 5.75 Å². The molecule has 0 saturated carbocycles. The van der Waals surface area contributed by atoms with Crippen LogP contribution in [0.15, 0.2) is 24.3 Å². The monoisotopic (exact) mass is 236 g/mol. The minimum Gasteiger partial charge on any atom is -0.497 e. The van der Waals surface area contributed by atoms with E-state index in [9.17, 15) is 9.90 Å². The third-order valence-electron chi connectivity index (χ3n) is 3.56. The second kappa shape index (κ2) is 4.37. The first-order valence-corrected chi connectivity index (χ1v) is 5.55. The van der Waals surface area contributed by atoms with E-state index in [0.717, 1.165) is 11.3 Å². The van der Waals surface area contributed by atoms with Crippen molar-refractivity contribution < 1.29 is 19.4 Å². The lowest BCUT2D eigenvalue weighted by atomic mass is 9.69. The van der Waals surface area contributed by atoms with Crippen molar-refractivity contribution >= 4 is 5.97 Å². The summed E-state index contributed by atoms with van der Waals surface area (Å²) < 4.78 is 10.4. The minimum atomic E-state index is -0.795. The van der Waals surface area contributed by atoms with Crippen LogP contribution in [0.4, 0.5) is 0 Å². The zero-order chi connectivity index (χ0) is 12.5. The first-order chi connectivity index (χ1) is 8.10. The number of hydrogen-bond donors (Lipinski definition) is 1. The van der Waals surface area contributed by atoms with Crippen LogP contribution in [0.2, 0.25) is 0 Å². The molecule has 0 aliphatic carbocycles. The van der Waals surface area contributed by atoms with Crippen LogP contribution in [-0.2, 0) is 14.9 Å². The van der Waals surface area contributed by atoms with Gasteiger partial charge in [0, 0.05) is 0 Å². The van der Waals surface area contributed by atoms with Gasteiger partial charge in [0.05, 0.1) is 31.7 Å². The van der Waals surface area contributed by atoms with Crippen molar-refractivity contribution in [2.24, 2.45) is 5.92 Å². The maximum atomic E-state index is 11.2. The fourth-order valence-electron chi connectivity index (χ4n) is 2.16. The fourth-order valence-corrected chi connectivity index (χ4v) is 2.16. The summed E-state index contributed by atoms with van der Waals surface area (Å²) in [5.41, 5.74) is 0.554. The Bertz CT molecular complexity index is 423. The van der Waals surface area contributed by atoms with Gasteiger partial charge in [-0.1, -0.05) is 19.1 Å². The third kappa shape index (κ3) is 1.89. The predicted octanol–water partition coefficient (Wildman–Crippen LogP) is 1.68. The lowest BCUT2D eigenvalue weighted by Gasteiger charge is -2.44. The van der Waals surface area contributed by atoms with E-state index >= 15 is 0 Å². The number of carboxylic acids is 1. The van der Waals surface area contributed by atoms with Crippen LogP contribution in [0.5, 0.6) is 5.75 Å². The Morgan fingerprint density at radius 2 is 2.24 bits per heavy atom. The molecule has 4 nitrogen and oxygen atoms in total. The van der Waals surface area contributed by atoms with Crippen LogP contribution >= 0.6 is 0 Å². The zero-order valence-electron chi connectivity index (χ0n) is 9.97. The van der Waals surface area contributed by atoms with Crippen molar-refractivity contribution in [3.63, 3.8) is 0 Å². The Balaban J connectivity index is 2.37. The summed E-state index contributed by atoms with van der Waals surface area (Å²) in [5.74, 6) is -0.522. The summed E-state index contributed by atoms with van der Waals surface area (Å²) in [6.07, 6.45) is 0. The molecule has 17 heavy (non-hydrogen) atoms. The molecular formula is C13H16O4. The van der Waals surface area contributed by atoms with E-state index in [1.54, 1.807) is 14.0 Å². The first-order valence-electron chi connectivity index (χ1n) is 5.55. The summed E-state index contributed by atoms with van der Waals surface area (Å²) in [7, 11) is 1.60. The molecule has 0 amide bonds. The molecule has 1 aliphatic rings. The Labute approximate surface area is 100 Å². The van der Waals surface area contributed by atoms with Crippen LogP contribution in [0, 0.1) is 5.92 Å². The van der Waals surface area contributed by atoms with Gasteiger partial charge in [0.15, 0.2) is 0 Å². The summed E-state index contributed by atoms with van der Waals surface area (Å²) in [5, 5.41) is 9.18. The topological polar surface area (TPSA) is 55.8 Å². The van der Waals surface area contributed by atoms with Crippen molar-refractivity contribution in [3.8, 4) is 5.75 Å². The Kier molecular flexibility index (Phi) is 3.07. The van der Waals surface area contributed by atoms with Gasteiger partial charge in [-0.2, -0.15) is 0 Å². The molecule has 0 bridgehead atoms. The lowest BCUT2D eigenvalue weighted by molar-refractivity contribution is -0.155. The smallest absolute Gasteiger partial charge is 0.307 e. The van der Waals surface area contributed by atoms with Crippen molar-refractivity contribution in [1.82, 2.24) is 0 Å². The van der Waals surface area contributed by atoms with Crippen LogP contribution in [0.1, 0.15) is 12.5 Å². The van der Waals surface area contributed by atoms with E-state index in [1.807, 2.05) is 24.3 Å². The number of carbonyl (C=O) groups is 1. The average molecular weight is 236 g/mol. The van der Waals surface area contributed by atoms with Gasteiger partial charge < -0.3 is 14.6 Å². The van der Waals surface area contributed by atoms with Crippen LogP contribution in [-0.4, -0.2) is 31.4 Å². The highest BCUT2D eigenvalue weighted by atomic mass is 16.5. The molecule has 1 unspecified atom stereocenters. The molecule has 92 valence electrons. The zero-order valence-corrected chi connectivity index (χ0v) is 9.97. The fraction of sp³-hybridized carbons (Fsp3) is 0.462. The van der Waals surface area contributed by atoms with Gasteiger partial charge in [-0.15, -0.1) is 0 Å². The molecule has 1 heterocycles. The summed E-state index contributed by atoms with van der Waals surface area (Å²) >= 11 is 0. The van der Waals surface area contributed by atoms with E-state index in [0.29, 0.717) is 13.2 Å². The molecule has 0 spiro atoms. The molecule has 1 atom stereocenters. The van der Waals surface area contributed by atoms with Gasteiger partial charge in [0.2, 0.25) is 0 Å². The van der Waals surface area contributed by atoms with Crippen molar-refractivity contribution in [3.05, 3.63) is 29.8 Å². The number of benzene rings is 1. The minimum absolute atomic E-state index is 0.416. The Morgan fingerprint density at radius 3 is 2.71 bits per heavy atom. The number of aliphatic carboxylic acids is 1. The second-order valence-electron chi connectivity index (χ2n) is 4.44. The Morgan fingerprint density at radius 1 is 1.53 bits per heavy atom. The van der Waals surface area contributed by atoms with Gasteiger partial charge in [-0.3, -0.25) is 4.79 Å². The molecule has 0 aromatic heterocycles. The normalized spacial score (nSPS) is 19.2. The molecule has 1 aromatic carbocycles.